The van der Waals surface area contributed by atoms with E-state index >= 15 is 0 Å². The fourth-order valence-corrected chi connectivity index (χ4v) is 2.34. The first-order valence-corrected chi connectivity index (χ1v) is 6.99. The molecule has 0 saturated heterocycles. The predicted octanol–water partition coefficient (Wildman–Crippen LogP) is 1.78. The average molecular weight is 301 g/mol. The molecule has 5 nitrogen and oxygen atoms in total. The van der Waals surface area contributed by atoms with Gasteiger partial charge in [-0.25, -0.2) is 13.1 Å². The molecule has 0 aromatic carbocycles. The number of halogens is 3. The summed E-state index contributed by atoms with van der Waals surface area (Å²) in [4.78, 5) is 0. The molecule has 0 saturated carbocycles. The van der Waals surface area contributed by atoms with Crippen LogP contribution in [0.2, 0.25) is 0 Å². The second-order valence-electron chi connectivity index (χ2n) is 3.85. The van der Waals surface area contributed by atoms with Crippen molar-refractivity contribution in [2.75, 3.05) is 6.54 Å². The van der Waals surface area contributed by atoms with Crippen molar-refractivity contribution in [3.8, 4) is 0 Å². The summed E-state index contributed by atoms with van der Waals surface area (Å²) >= 11 is 0. The Bertz CT molecular complexity index is 495. The number of nitrogens with one attached hydrogen (secondary N) is 1. The summed E-state index contributed by atoms with van der Waals surface area (Å²) < 4.78 is 65.7. The van der Waals surface area contributed by atoms with Crippen molar-refractivity contribution in [2.24, 2.45) is 0 Å². The Hall–Kier alpha value is -1.06. The van der Waals surface area contributed by atoms with Gasteiger partial charge in [-0.15, -0.1) is 0 Å². The van der Waals surface area contributed by atoms with Crippen molar-refractivity contribution >= 4 is 10.0 Å². The molecule has 0 atom stereocenters. The first-order valence-electron chi connectivity index (χ1n) is 5.50. The highest BCUT2D eigenvalue weighted by atomic mass is 32.2. The second kappa shape index (κ2) is 6.40. The van der Waals surface area contributed by atoms with E-state index in [0.717, 1.165) is 0 Å². The molecule has 9 heteroatoms. The van der Waals surface area contributed by atoms with Gasteiger partial charge < -0.3 is 9.52 Å². The normalized spacial score (nSPS) is 12.8. The SMILES string of the molecule is O=S(=O)(NCCCCC(F)(F)F)c1ccc(CO)o1. The Morgan fingerprint density at radius 3 is 2.47 bits per heavy atom. The molecule has 1 rings (SSSR count). The predicted molar refractivity (Wildman–Crippen MR) is 59.7 cm³/mol. The van der Waals surface area contributed by atoms with Crippen LogP contribution in [-0.4, -0.2) is 26.2 Å². The van der Waals surface area contributed by atoms with Crippen molar-refractivity contribution in [3.63, 3.8) is 0 Å². The fourth-order valence-electron chi connectivity index (χ4n) is 1.32. The van der Waals surface area contributed by atoms with Crippen LogP contribution in [0.3, 0.4) is 0 Å². The first kappa shape index (κ1) is 16.0. The zero-order chi connectivity index (χ0) is 14.5. The Labute approximate surface area is 108 Å². The van der Waals surface area contributed by atoms with Crippen molar-refractivity contribution in [1.29, 1.82) is 0 Å². The summed E-state index contributed by atoms with van der Waals surface area (Å²) in [6.07, 6.45) is -5.24. The molecule has 2 N–H and O–H groups in total. The van der Waals surface area contributed by atoms with Crippen LogP contribution in [0.15, 0.2) is 21.6 Å². The molecule has 0 amide bonds. The molecule has 0 aliphatic carbocycles. The van der Waals surface area contributed by atoms with E-state index in [1.165, 1.54) is 12.1 Å². The number of aliphatic hydroxyl groups excluding tert-OH is 1. The van der Waals surface area contributed by atoms with Gasteiger partial charge >= 0.3 is 6.18 Å². The molecule has 0 fully saturated rings. The Morgan fingerprint density at radius 2 is 1.95 bits per heavy atom. The molecule has 19 heavy (non-hydrogen) atoms. The number of hydrogen-bond donors (Lipinski definition) is 2. The van der Waals surface area contributed by atoms with Gasteiger partial charge in [0.25, 0.3) is 10.0 Å². The lowest BCUT2D eigenvalue weighted by atomic mass is 10.2. The third-order valence-electron chi connectivity index (χ3n) is 2.24. The molecular weight excluding hydrogens is 287 g/mol. The summed E-state index contributed by atoms with van der Waals surface area (Å²) in [6.45, 7) is -0.533. The molecule has 0 spiro atoms. The van der Waals surface area contributed by atoms with Crippen LogP contribution in [0, 0.1) is 0 Å². The van der Waals surface area contributed by atoms with Gasteiger partial charge in [-0.1, -0.05) is 0 Å². The molecule has 0 aliphatic heterocycles. The van der Waals surface area contributed by atoms with Gasteiger partial charge in [0.2, 0.25) is 5.09 Å². The number of unbranched alkanes of at least 4 members (excludes halogenated alkanes) is 1. The Morgan fingerprint density at radius 1 is 1.26 bits per heavy atom. The van der Waals surface area contributed by atoms with Crippen molar-refractivity contribution in [2.45, 2.75) is 37.1 Å². The molecular formula is C10H14F3NO4S. The van der Waals surface area contributed by atoms with Gasteiger partial charge in [0.1, 0.15) is 12.4 Å². The minimum atomic E-state index is -4.23. The number of rotatable bonds is 7. The van der Waals surface area contributed by atoms with E-state index in [9.17, 15) is 21.6 Å². The topological polar surface area (TPSA) is 79.5 Å². The zero-order valence-electron chi connectivity index (χ0n) is 9.90. The average Bonchev–Trinajstić information content (AvgIpc) is 2.76. The number of hydrogen-bond acceptors (Lipinski definition) is 4. The standard InChI is InChI=1S/C10H14F3NO4S/c11-10(12,13)5-1-2-6-14-19(16,17)9-4-3-8(7-15)18-9/h3-4,14-15H,1-2,5-7H2. The summed E-state index contributed by atoms with van der Waals surface area (Å²) in [5.74, 6) is 0.0949. The van der Waals surface area contributed by atoms with E-state index in [4.69, 9.17) is 9.52 Å². The van der Waals surface area contributed by atoms with Gasteiger partial charge in [-0.2, -0.15) is 13.2 Å². The van der Waals surface area contributed by atoms with Crippen LogP contribution in [-0.2, 0) is 16.6 Å². The molecule has 0 bridgehead atoms. The zero-order valence-corrected chi connectivity index (χ0v) is 10.7. The summed E-state index contributed by atoms with van der Waals surface area (Å²) in [6, 6.07) is 2.47. The van der Waals surface area contributed by atoms with E-state index in [-0.39, 0.29) is 30.2 Å². The summed E-state index contributed by atoms with van der Waals surface area (Å²) in [5, 5.41) is 8.36. The quantitative estimate of drug-likeness (QED) is 0.752. The number of aliphatic hydroxyl groups is 1. The van der Waals surface area contributed by atoms with Crippen LogP contribution >= 0.6 is 0 Å². The van der Waals surface area contributed by atoms with E-state index in [1.807, 2.05) is 0 Å². The third kappa shape index (κ3) is 5.62. The summed E-state index contributed by atoms with van der Waals surface area (Å²) in [5.41, 5.74) is 0. The van der Waals surface area contributed by atoms with Crippen molar-refractivity contribution < 1.29 is 31.1 Å². The summed E-state index contributed by atoms with van der Waals surface area (Å²) in [7, 11) is -3.87. The lowest BCUT2D eigenvalue weighted by Crippen LogP contribution is -2.24. The maximum atomic E-state index is 11.8. The lowest BCUT2D eigenvalue weighted by Gasteiger charge is -2.06. The first-order chi connectivity index (χ1) is 8.74. The van der Waals surface area contributed by atoms with Crippen LogP contribution in [0.4, 0.5) is 13.2 Å². The Kier molecular flexibility index (Phi) is 5.39. The van der Waals surface area contributed by atoms with Crippen LogP contribution in [0.5, 0.6) is 0 Å². The lowest BCUT2D eigenvalue weighted by molar-refractivity contribution is -0.135. The molecule has 0 radical (unpaired) electrons. The largest absolute Gasteiger partial charge is 0.446 e. The van der Waals surface area contributed by atoms with Gasteiger partial charge in [0.15, 0.2) is 0 Å². The molecule has 0 unspecified atom stereocenters. The number of alkyl halides is 3. The maximum absolute atomic E-state index is 11.8. The van der Waals surface area contributed by atoms with Crippen molar-refractivity contribution in [3.05, 3.63) is 17.9 Å². The minimum absolute atomic E-state index is 0.0757. The van der Waals surface area contributed by atoms with Gasteiger partial charge in [0.05, 0.1) is 0 Å². The van der Waals surface area contributed by atoms with Crippen LogP contribution in [0.1, 0.15) is 25.0 Å². The molecule has 1 aromatic rings. The van der Waals surface area contributed by atoms with E-state index in [2.05, 4.69) is 4.72 Å². The smallest absolute Gasteiger partial charge is 0.389 e. The monoisotopic (exact) mass is 301 g/mol. The maximum Gasteiger partial charge on any atom is 0.389 e. The van der Waals surface area contributed by atoms with Gasteiger partial charge in [-0.3, -0.25) is 0 Å². The highest BCUT2D eigenvalue weighted by molar-refractivity contribution is 7.89. The highest BCUT2D eigenvalue weighted by Gasteiger charge is 2.26. The molecule has 110 valence electrons. The minimum Gasteiger partial charge on any atom is -0.446 e. The van der Waals surface area contributed by atoms with E-state index in [1.54, 1.807) is 0 Å². The third-order valence-corrected chi connectivity index (χ3v) is 3.57. The number of sulfonamides is 1. The van der Waals surface area contributed by atoms with Crippen LogP contribution in [0.25, 0.3) is 0 Å². The second-order valence-corrected chi connectivity index (χ2v) is 5.55. The molecule has 0 aliphatic rings. The van der Waals surface area contributed by atoms with Gasteiger partial charge in [0, 0.05) is 13.0 Å². The fraction of sp³-hybridized carbons (Fsp3) is 0.600. The van der Waals surface area contributed by atoms with E-state index < -0.39 is 29.2 Å². The van der Waals surface area contributed by atoms with E-state index in [0.29, 0.717) is 0 Å². The Balaban J connectivity index is 2.39. The van der Waals surface area contributed by atoms with Crippen LogP contribution < -0.4 is 4.72 Å². The highest BCUT2D eigenvalue weighted by Crippen LogP contribution is 2.22. The van der Waals surface area contributed by atoms with Crippen molar-refractivity contribution in [1.82, 2.24) is 4.72 Å². The number of furan rings is 1. The molecule has 1 heterocycles. The van der Waals surface area contributed by atoms with Gasteiger partial charge in [-0.05, 0) is 25.0 Å². The molecule has 1 aromatic heterocycles.